The van der Waals surface area contributed by atoms with Gasteiger partial charge in [0.2, 0.25) is 5.91 Å². The van der Waals surface area contributed by atoms with Crippen LogP contribution in [0.25, 0.3) is 0 Å². The molecule has 3 rings (SSSR count). The molecule has 1 heterocycles. The van der Waals surface area contributed by atoms with Gasteiger partial charge in [0.15, 0.2) is 0 Å². The predicted octanol–water partition coefficient (Wildman–Crippen LogP) is 3.55. The molecular weight excluding hydrogens is 368 g/mol. The van der Waals surface area contributed by atoms with E-state index in [-0.39, 0.29) is 18.0 Å². The number of likely N-dealkylation sites (tertiary alicyclic amines) is 1. The molecule has 2 aromatic carbocycles. The van der Waals surface area contributed by atoms with E-state index < -0.39 is 0 Å². The SMILES string of the molecule is COc1ccc(CNC(=O)[C@@H](C)N2CCC[C@@H]2c2cc(OC)ccc2OC)cc1. The van der Waals surface area contributed by atoms with Crippen molar-refractivity contribution in [2.24, 2.45) is 0 Å². The summed E-state index contributed by atoms with van der Waals surface area (Å²) in [5.74, 6) is 2.45. The third-order valence-electron chi connectivity index (χ3n) is 5.59. The molecule has 0 spiro atoms. The second-order valence-corrected chi connectivity index (χ2v) is 7.25. The lowest BCUT2D eigenvalue weighted by Crippen LogP contribution is -2.44. The van der Waals surface area contributed by atoms with Crippen molar-refractivity contribution in [3.8, 4) is 17.2 Å². The largest absolute Gasteiger partial charge is 0.497 e. The van der Waals surface area contributed by atoms with E-state index in [4.69, 9.17) is 14.2 Å². The Kier molecular flexibility index (Phi) is 6.99. The number of rotatable bonds is 8. The van der Waals surface area contributed by atoms with Gasteiger partial charge in [0.1, 0.15) is 17.2 Å². The van der Waals surface area contributed by atoms with Gasteiger partial charge in [-0.2, -0.15) is 0 Å². The number of nitrogens with zero attached hydrogens (tertiary/aromatic N) is 1. The van der Waals surface area contributed by atoms with Crippen molar-refractivity contribution in [3.05, 3.63) is 53.6 Å². The van der Waals surface area contributed by atoms with Gasteiger partial charge in [0, 0.05) is 18.2 Å². The molecule has 0 bridgehead atoms. The third kappa shape index (κ3) is 4.82. The number of hydrogen-bond acceptors (Lipinski definition) is 5. The Balaban J connectivity index is 1.69. The third-order valence-corrected chi connectivity index (χ3v) is 5.59. The number of nitrogens with one attached hydrogen (secondary N) is 1. The summed E-state index contributed by atoms with van der Waals surface area (Å²) in [5, 5.41) is 3.06. The lowest BCUT2D eigenvalue weighted by atomic mass is 10.0. The summed E-state index contributed by atoms with van der Waals surface area (Å²) in [6.45, 7) is 3.34. The Morgan fingerprint density at radius 2 is 1.76 bits per heavy atom. The Hall–Kier alpha value is -2.73. The quantitative estimate of drug-likeness (QED) is 0.737. The summed E-state index contributed by atoms with van der Waals surface area (Å²) in [5.41, 5.74) is 2.11. The molecule has 2 atom stereocenters. The average Bonchev–Trinajstić information content (AvgIpc) is 3.26. The van der Waals surface area contributed by atoms with Crippen molar-refractivity contribution < 1.29 is 19.0 Å². The number of carbonyl (C=O) groups excluding carboxylic acids is 1. The zero-order chi connectivity index (χ0) is 20.8. The van der Waals surface area contributed by atoms with Gasteiger partial charge in [0.05, 0.1) is 27.4 Å². The smallest absolute Gasteiger partial charge is 0.237 e. The highest BCUT2D eigenvalue weighted by atomic mass is 16.5. The summed E-state index contributed by atoms with van der Waals surface area (Å²) in [6, 6.07) is 13.5. The minimum absolute atomic E-state index is 0.0228. The molecule has 0 saturated carbocycles. The Labute approximate surface area is 172 Å². The maximum Gasteiger partial charge on any atom is 0.237 e. The normalized spacial score (nSPS) is 17.6. The van der Waals surface area contributed by atoms with E-state index in [0.717, 1.165) is 47.8 Å². The second-order valence-electron chi connectivity index (χ2n) is 7.25. The average molecular weight is 399 g/mol. The number of ether oxygens (including phenoxy) is 3. The highest BCUT2D eigenvalue weighted by molar-refractivity contribution is 5.81. The van der Waals surface area contributed by atoms with Crippen LogP contribution in [0.15, 0.2) is 42.5 Å². The van der Waals surface area contributed by atoms with Gasteiger partial charge in [-0.25, -0.2) is 0 Å². The maximum absolute atomic E-state index is 12.8. The molecule has 6 nitrogen and oxygen atoms in total. The molecule has 1 N–H and O–H groups in total. The van der Waals surface area contributed by atoms with Gasteiger partial charge in [0.25, 0.3) is 0 Å². The minimum atomic E-state index is -0.239. The summed E-state index contributed by atoms with van der Waals surface area (Å²) in [6.07, 6.45) is 2.03. The van der Waals surface area contributed by atoms with Crippen LogP contribution in [0, 0.1) is 0 Å². The Morgan fingerprint density at radius 1 is 1.07 bits per heavy atom. The standard InChI is InChI=1S/C23H30N2O4/c1-16(23(26)24-15-17-7-9-18(27-2)10-8-17)25-13-5-6-21(25)20-14-19(28-3)11-12-22(20)29-4/h7-12,14,16,21H,5-6,13,15H2,1-4H3,(H,24,26)/t16-,21-/m1/s1. The van der Waals surface area contributed by atoms with Gasteiger partial charge in [-0.05, 0) is 62.2 Å². The van der Waals surface area contributed by atoms with Crippen molar-refractivity contribution in [2.45, 2.75) is 38.4 Å². The highest BCUT2D eigenvalue weighted by Gasteiger charge is 2.34. The van der Waals surface area contributed by atoms with Gasteiger partial charge in [-0.1, -0.05) is 12.1 Å². The summed E-state index contributed by atoms with van der Waals surface area (Å²) >= 11 is 0. The zero-order valence-corrected chi connectivity index (χ0v) is 17.6. The molecule has 1 saturated heterocycles. The van der Waals surface area contributed by atoms with Crippen LogP contribution in [-0.2, 0) is 11.3 Å². The van der Waals surface area contributed by atoms with Crippen LogP contribution in [0.2, 0.25) is 0 Å². The second kappa shape index (κ2) is 9.65. The number of methoxy groups -OCH3 is 3. The van der Waals surface area contributed by atoms with Gasteiger partial charge in [-0.3, -0.25) is 9.69 Å². The first-order chi connectivity index (χ1) is 14.1. The first-order valence-corrected chi connectivity index (χ1v) is 9.95. The number of hydrogen-bond donors (Lipinski definition) is 1. The molecule has 29 heavy (non-hydrogen) atoms. The van der Waals surface area contributed by atoms with Gasteiger partial charge < -0.3 is 19.5 Å². The molecule has 0 aliphatic carbocycles. The fraction of sp³-hybridized carbons (Fsp3) is 0.435. The van der Waals surface area contributed by atoms with Crippen LogP contribution in [0.4, 0.5) is 0 Å². The van der Waals surface area contributed by atoms with E-state index in [0.29, 0.717) is 6.54 Å². The number of benzene rings is 2. The molecule has 1 amide bonds. The zero-order valence-electron chi connectivity index (χ0n) is 17.6. The van der Waals surface area contributed by atoms with Crippen molar-refractivity contribution in [3.63, 3.8) is 0 Å². The lowest BCUT2D eigenvalue weighted by molar-refractivity contribution is -0.126. The first-order valence-electron chi connectivity index (χ1n) is 9.95. The molecule has 6 heteroatoms. The summed E-state index contributed by atoms with van der Waals surface area (Å²) in [7, 11) is 4.98. The Morgan fingerprint density at radius 3 is 2.41 bits per heavy atom. The van der Waals surface area contributed by atoms with Crippen LogP contribution >= 0.6 is 0 Å². The van der Waals surface area contributed by atoms with Crippen molar-refractivity contribution >= 4 is 5.91 Å². The van der Waals surface area contributed by atoms with Crippen molar-refractivity contribution in [1.82, 2.24) is 10.2 Å². The maximum atomic E-state index is 12.8. The molecule has 0 radical (unpaired) electrons. The van der Waals surface area contributed by atoms with Crippen molar-refractivity contribution in [2.75, 3.05) is 27.9 Å². The molecule has 2 aromatic rings. The van der Waals surface area contributed by atoms with Crippen LogP contribution in [-0.4, -0.2) is 44.7 Å². The van der Waals surface area contributed by atoms with Crippen LogP contribution in [0.5, 0.6) is 17.2 Å². The molecule has 1 aliphatic heterocycles. The fourth-order valence-electron chi connectivity index (χ4n) is 3.92. The number of amides is 1. The van der Waals surface area contributed by atoms with Crippen LogP contribution < -0.4 is 19.5 Å². The van der Waals surface area contributed by atoms with E-state index in [1.54, 1.807) is 21.3 Å². The molecule has 1 aliphatic rings. The van der Waals surface area contributed by atoms with E-state index in [1.807, 2.05) is 49.4 Å². The van der Waals surface area contributed by atoms with Crippen LogP contribution in [0.3, 0.4) is 0 Å². The van der Waals surface area contributed by atoms with Crippen molar-refractivity contribution in [1.29, 1.82) is 0 Å². The first kappa shape index (κ1) is 21.0. The van der Waals surface area contributed by atoms with E-state index in [1.165, 1.54) is 0 Å². The summed E-state index contributed by atoms with van der Waals surface area (Å²) < 4.78 is 16.2. The molecule has 156 valence electrons. The molecule has 0 unspecified atom stereocenters. The number of carbonyl (C=O) groups is 1. The predicted molar refractivity (Wildman–Crippen MR) is 113 cm³/mol. The fourth-order valence-corrected chi connectivity index (χ4v) is 3.92. The monoisotopic (exact) mass is 398 g/mol. The van der Waals surface area contributed by atoms with E-state index >= 15 is 0 Å². The summed E-state index contributed by atoms with van der Waals surface area (Å²) in [4.78, 5) is 15.1. The minimum Gasteiger partial charge on any atom is -0.497 e. The highest BCUT2D eigenvalue weighted by Crippen LogP contribution is 2.39. The van der Waals surface area contributed by atoms with Crippen LogP contribution in [0.1, 0.15) is 36.9 Å². The molecular formula is C23H30N2O4. The molecule has 1 fully saturated rings. The van der Waals surface area contributed by atoms with Gasteiger partial charge >= 0.3 is 0 Å². The van der Waals surface area contributed by atoms with E-state index in [2.05, 4.69) is 10.2 Å². The lowest BCUT2D eigenvalue weighted by Gasteiger charge is -2.31. The Bertz CT molecular complexity index is 822. The topological polar surface area (TPSA) is 60.0 Å². The van der Waals surface area contributed by atoms with Gasteiger partial charge in [-0.15, -0.1) is 0 Å². The molecule has 0 aromatic heterocycles. The van der Waals surface area contributed by atoms with E-state index in [9.17, 15) is 4.79 Å².